The van der Waals surface area contributed by atoms with Crippen LogP contribution in [0.2, 0.25) is 0 Å². The molecule has 1 aliphatic carbocycles. The van der Waals surface area contributed by atoms with Gasteiger partial charge in [0.15, 0.2) is 0 Å². The van der Waals surface area contributed by atoms with Crippen LogP contribution in [0.4, 0.5) is 0 Å². The van der Waals surface area contributed by atoms with Gasteiger partial charge >= 0.3 is 0 Å². The lowest BCUT2D eigenvalue weighted by molar-refractivity contribution is 0.0362. The molecule has 1 aliphatic heterocycles. The molecule has 0 bridgehead atoms. The Hall–Kier alpha value is -0.380. The number of thiophene rings is 1. The van der Waals surface area contributed by atoms with E-state index in [1.807, 2.05) is 11.3 Å². The first-order valence-corrected chi connectivity index (χ1v) is 8.08. The molecule has 3 heteroatoms. The Morgan fingerprint density at radius 3 is 2.89 bits per heavy atom. The van der Waals surface area contributed by atoms with E-state index in [9.17, 15) is 5.11 Å². The molecule has 2 aliphatic rings. The Balaban J connectivity index is 1.66. The van der Waals surface area contributed by atoms with Crippen LogP contribution >= 0.6 is 11.3 Å². The summed E-state index contributed by atoms with van der Waals surface area (Å²) < 4.78 is 0. The average Bonchev–Trinajstić information content (AvgIpc) is 2.87. The van der Waals surface area contributed by atoms with Gasteiger partial charge in [0.05, 0.1) is 0 Å². The first-order valence-electron chi connectivity index (χ1n) is 7.20. The summed E-state index contributed by atoms with van der Waals surface area (Å²) in [6.07, 6.45) is 7.61. The van der Waals surface area contributed by atoms with Crippen LogP contribution in [0.3, 0.4) is 0 Å². The van der Waals surface area contributed by atoms with Gasteiger partial charge in [-0.1, -0.05) is 19.3 Å². The molecule has 0 spiro atoms. The fourth-order valence-corrected chi connectivity index (χ4v) is 4.47. The Bertz CT molecular complexity index is 395. The van der Waals surface area contributed by atoms with Gasteiger partial charge in [0.25, 0.3) is 0 Å². The van der Waals surface area contributed by atoms with Crippen LogP contribution in [0.15, 0.2) is 11.4 Å². The largest absolute Gasteiger partial charge is 0.396 e. The zero-order valence-electron chi connectivity index (χ0n) is 11.0. The highest BCUT2D eigenvalue weighted by Gasteiger charge is 2.34. The molecular formula is C15H23NOS. The van der Waals surface area contributed by atoms with Crippen LogP contribution in [0.5, 0.6) is 0 Å². The lowest BCUT2D eigenvalue weighted by Crippen LogP contribution is -2.43. The minimum atomic E-state index is 0.200. The molecule has 0 aromatic carbocycles. The van der Waals surface area contributed by atoms with E-state index in [2.05, 4.69) is 16.3 Å². The topological polar surface area (TPSA) is 23.5 Å². The summed E-state index contributed by atoms with van der Waals surface area (Å²) in [7, 11) is 0. The third-order valence-corrected chi connectivity index (χ3v) is 5.72. The monoisotopic (exact) mass is 265 g/mol. The maximum Gasteiger partial charge on any atom is 0.0499 e. The SMILES string of the molecule is OCC1(CN2CCc3sccc3C2)CCCCC1. The second-order valence-corrected chi connectivity index (χ2v) is 7.05. The zero-order valence-corrected chi connectivity index (χ0v) is 11.8. The second kappa shape index (κ2) is 5.32. The fourth-order valence-electron chi connectivity index (χ4n) is 3.58. The molecule has 2 heterocycles. The van der Waals surface area contributed by atoms with Crippen molar-refractivity contribution in [2.75, 3.05) is 19.7 Å². The number of aliphatic hydroxyl groups excluding tert-OH is 1. The molecular weight excluding hydrogens is 242 g/mol. The van der Waals surface area contributed by atoms with E-state index < -0.39 is 0 Å². The lowest BCUT2D eigenvalue weighted by atomic mass is 9.74. The molecule has 0 saturated heterocycles. The molecule has 0 atom stereocenters. The van der Waals surface area contributed by atoms with Gasteiger partial charge in [0.2, 0.25) is 0 Å². The van der Waals surface area contributed by atoms with E-state index in [1.54, 1.807) is 4.88 Å². The van der Waals surface area contributed by atoms with Crippen molar-refractivity contribution < 1.29 is 5.11 Å². The van der Waals surface area contributed by atoms with Gasteiger partial charge in [-0.25, -0.2) is 0 Å². The highest BCUT2D eigenvalue weighted by Crippen LogP contribution is 2.37. The molecule has 0 amide bonds. The van der Waals surface area contributed by atoms with Gasteiger partial charge in [-0.2, -0.15) is 0 Å². The second-order valence-electron chi connectivity index (χ2n) is 6.05. The molecule has 100 valence electrons. The van der Waals surface area contributed by atoms with Crippen molar-refractivity contribution in [2.24, 2.45) is 5.41 Å². The predicted molar refractivity (Wildman–Crippen MR) is 75.9 cm³/mol. The van der Waals surface area contributed by atoms with Crippen molar-refractivity contribution in [3.8, 4) is 0 Å². The van der Waals surface area contributed by atoms with Crippen molar-refractivity contribution >= 4 is 11.3 Å². The molecule has 2 nitrogen and oxygen atoms in total. The van der Waals surface area contributed by atoms with E-state index in [-0.39, 0.29) is 5.41 Å². The number of fused-ring (bicyclic) bond motifs is 1. The number of hydrogen-bond acceptors (Lipinski definition) is 3. The smallest absolute Gasteiger partial charge is 0.0499 e. The van der Waals surface area contributed by atoms with Gasteiger partial charge in [-0.05, 0) is 36.3 Å². The maximum atomic E-state index is 9.80. The van der Waals surface area contributed by atoms with Gasteiger partial charge in [-0.3, -0.25) is 4.90 Å². The summed E-state index contributed by atoms with van der Waals surface area (Å²) in [5.41, 5.74) is 1.72. The number of hydrogen-bond donors (Lipinski definition) is 1. The molecule has 1 aromatic heterocycles. The standard InChI is InChI=1S/C15H23NOS/c17-12-15(6-2-1-3-7-15)11-16-8-4-14-13(10-16)5-9-18-14/h5,9,17H,1-4,6-8,10-12H2. The lowest BCUT2D eigenvalue weighted by Gasteiger charge is -2.41. The van der Waals surface area contributed by atoms with Crippen molar-refractivity contribution in [2.45, 2.75) is 45.1 Å². The maximum absolute atomic E-state index is 9.80. The normalized spacial score (nSPS) is 23.8. The van der Waals surface area contributed by atoms with Crippen LogP contribution in [0.25, 0.3) is 0 Å². The first kappa shape index (κ1) is 12.6. The third kappa shape index (κ3) is 2.49. The van der Waals surface area contributed by atoms with Crippen molar-refractivity contribution in [3.05, 3.63) is 21.9 Å². The predicted octanol–water partition coefficient (Wildman–Crippen LogP) is 3.05. The summed E-state index contributed by atoms with van der Waals surface area (Å²) in [6.45, 7) is 3.74. The summed E-state index contributed by atoms with van der Waals surface area (Å²) in [4.78, 5) is 4.14. The van der Waals surface area contributed by atoms with E-state index in [4.69, 9.17) is 0 Å². The zero-order chi connectivity index (χ0) is 12.4. The first-order chi connectivity index (χ1) is 8.81. The number of rotatable bonds is 3. The minimum Gasteiger partial charge on any atom is -0.396 e. The van der Waals surface area contributed by atoms with Crippen LogP contribution < -0.4 is 0 Å². The van der Waals surface area contributed by atoms with Gasteiger partial charge in [0, 0.05) is 36.5 Å². The van der Waals surface area contributed by atoms with Crippen molar-refractivity contribution in [1.82, 2.24) is 4.90 Å². The molecule has 0 unspecified atom stereocenters. The highest BCUT2D eigenvalue weighted by atomic mass is 32.1. The Kier molecular flexibility index (Phi) is 3.73. The van der Waals surface area contributed by atoms with Crippen LogP contribution in [-0.2, 0) is 13.0 Å². The molecule has 1 aromatic rings. The quantitative estimate of drug-likeness (QED) is 0.908. The molecule has 3 rings (SSSR count). The van der Waals surface area contributed by atoms with Gasteiger partial charge in [-0.15, -0.1) is 11.3 Å². The van der Waals surface area contributed by atoms with Crippen LogP contribution in [0.1, 0.15) is 42.5 Å². The Morgan fingerprint density at radius 2 is 2.11 bits per heavy atom. The van der Waals surface area contributed by atoms with Gasteiger partial charge in [0.1, 0.15) is 0 Å². The summed E-state index contributed by atoms with van der Waals surface area (Å²) >= 11 is 1.90. The molecule has 18 heavy (non-hydrogen) atoms. The molecule has 1 fully saturated rings. The molecule has 1 saturated carbocycles. The highest BCUT2D eigenvalue weighted by molar-refractivity contribution is 7.10. The fraction of sp³-hybridized carbons (Fsp3) is 0.733. The van der Waals surface area contributed by atoms with E-state index in [0.717, 1.165) is 13.1 Å². The Labute approximate surface area is 114 Å². The minimum absolute atomic E-state index is 0.200. The number of nitrogens with zero attached hydrogens (tertiary/aromatic N) is 1. The van der Waals surface area contributed by atoms with E-state index >= 15 is 0 Å². The Morgan fingerprint density at radius 1 is 1.28 bits per heavy atom. The van der Waals surface area contributed by atoms with E-state index in [1.165, 1.54) is 50.6 Å². The summed E-state index contributed by atoms with van der Waals surface area (Å²) in [5.74, 6) is 0. The van der Waals surface area contributed by atoms with Crippen molar-refractivity contribution in [3.63, 3.8) is 0 Å². The molecule has 0 radical (unpaired) electrons. The summed E-state index contributed by atoms with van der Waals surface area (Å²) in [6, 6.07) is 2.28. The third-order valence-electron chi connectivity index (χ3n) is 4.70. The van der Waals surface area contributed by atoms with Gasteiger partial charge < -0.3 is 5.11 Å². The number of aliphatic hydroxyl groups is 1. The van der Waals surface area contributed by atoms with Crippen molar-refractivity contribution in [1.29, 1.82) is 0 Å². The van der Waals surface area contributed by atoms with Crippen LogP contribution in [0, 0.1) is 5.41 Å². The summed E-state index contributed by atoms with van der Waals surface area (Å²) in [5, 5.41) is 12.0. The average molecular weight is 265 g/mol. The van der Waals surface area contributed by atoms with Crippen LogP contribution in [-0.4, -0.2) is 29.7 Å². The van der Waals surface area contributed by atoms with E-state index in [0.29, 0.717) is 6.61 Å². The molecule has 1 N–H and O–H groups in total.